The molecule has 0 saturated heterocycles. The topological polar surface area (TPSA) is 84.5 Å². The summed E-state index contributed by atoms with van der Waals surface area (Å²) in [5, 5.41) is 2.74. The summed E-state index contributed by atoms with van der Waals surface area (Å²) in [6.07, 6.45) is 0.574. The van der Waals surface area contributed by atoms with Crippen LogP contribution in [0.4, 0.5) is 5.69 Å². The number of anilines is 1. The van der Waals surface area contributed by atoms with Gasteiger partial charge in [0, 0.05) is 12.2 Å². The van der Waals surface area contributed by atoms with Gasteiger partial charge in [0.05, 0.1) is 17.9 Å². The number of nitrogens with one attached hydrogen (secondary N) is 2. The van der Waals surface area contributed by atoms with Crippen molar-refractivity contribution in [3.8, 4) is 5.75 Å². The molecule has 2 aromatic rings. The maximum Gasteiger partial charge on any atom is 0.240 e. The summed E-state index contributed by atoms with van der Waals surface area (Å²) < 4.78 is 32.7. The number of hydrogen-bond acceptors (Lipinski definition) is 4. The molecule has 1 amide bonds. The molecule has 132 valence electrons. The van der Waals surface area contributed by atoms with Crippen molar-refractivity contribution in [2.45, 2.75) is 24.2 Å². The fourth-order valence-corrected chi connectivity index (χ4v) is 3.83. The molecular weight excluding hydrogens is 340 g/mol. The van der Waals surface area contributed by atoms with E-state index in [1.165, 1.54) is 6.07 Å². The molecule has 1 heterocycles. The molecule has 1 atom stereocenters. The summed E-state index contributed by atoms with van der Waals surface area (Å²) in [4.78, 5) is 11.9. The number of hydrogen-bond donors (Lipinski definition) is 2. The van der Waals surface area contributed by atoms with Crippen LogP contribution in [-0.4, -0.2) is 28.0 Å². The van der Waals surface area contributed by atoms with E-state index in [2.05, 4.69) is 10.0 Å². The number of carbonyl (C=O) groups is 1. The minimum absolute atomic E-state index is 0.114. The second kappa shape index (κ2) is 6.85. The zero-order chi connectivity index (χ0) is 18.0. The summed E-state index contributed by atoms with van der Waals surface area (Å²) in [6.45, 7) is 2.05. The molecule has 1 aliphatic rings. The van der Waals surface area contributed by atoms with Gasteiger partial charge in [-0.3, -0.25) is 4.79 Å². The van der Waals surface area contributed by atoms with Gasteiger partial charge >= 0.3 is 0 Å². The zero-order valence-electron chi connectivity index (χ0n) is 14.1. The van der Waals surface area contributed by atoms with E-state index in [0.29, 0.717) is 24.2 Å². The lowest BCUT2D eigenvalue weighted by Crippen LogP contribution is -2.26. The molecule has 25 heavy (non-hydrogen) atoms. The Balaban J connectivity index is 1.67. The molecule has 2 N–H and O–H groups in total. The predicted octanol–water partition coefficient (Wildman–Crippen LogP) is 2.27. The third kappa shape index (κ3) is 3.67. The Bertz CT molecular complexity index is 892. The molecule has 2 aromatic carbocycles. The Kier molecular flexibility index (Phi) is 4.78. The van der Waals surface area contributed by atoms with Crippen molar-refractivity contribution in [2.75, 3.05) is 19.0 Å². The molecule has 0 aromatic heterocycles. The second-order valence-electron chi connectivity index (χ2n) is 5.96. The van der Waals surface area contributed by atoms with Crippen LogP contribution in [0.2, 0.25) is 0 Å². The van der Waals surface area contributed by atoms with Gasteiger partial charge in [0.1, 0.15) is 5.75 Å². The minimum atomic E-state index is -3.62. The molecule has 0 spiro atoms. The minimum Gasteiger partial charge on any atom is -0.497 e. The normalized spacial score (nSPS) is 16.4. The number of benzene rings is 2. The first kappa shape index (κ1) is 17.4. The Hall–Kier alpha value is -2.38. The lowest BCUT2D eigenvalue weighted by Gasteiger charge is -2.09. The molecule has 1 aliphatic heterocycles. The lowest BCUT2D eigenvalue weighted by atomic mass is 10.0. The lowest BCUT2D eigenvalue weighted by molar-refractivity contribution is -0.116. The summed E-state index contributed by atoms with van der Waals surface area (Å²) in [5.41, 5.74) is 2.40. The fraction of sp³-hybridized carbons (Fsp3) is 0.278. The second-order valence-corrected chi connectivity index (χ2v) is 7.72. The molecule has 0 saturated carbocycles. The largest absolute Gasteiger partial charge is 0.497 e. The smallest absolute Gasteiger partial charge is 0.240 e. The van der Waals surface area contributed by atoms with Crippen LogP contribution >= 0.6 is 0 Å². The Morgan fingerprint density at radius 2 is 1.88 bits per heavy atom. The summed E-state index contributed by atoms with van der Waals surface area (Å²) in [5.74, 6) is 0.307. The van der Waals surface area contributed by atoms with Crippen molar-refractivity contribution >= 4 is 21.6 Å². The van der Waals surface area contributed by atoms with Crippen LogP contribution in [0.15, 0.2) is 47.4 Å². The van der Waals surface area contributed by atoms with Crippen LogP contribution in [0.5, 0.6) is 5.75 Å². The van der Waals surface area contributed by atoms with E-state index in [0.717, 1.165) is 11.3 Å². The number of sulfonamides is 1. The van der Waals surface area contributed by atoms with Crippen LogP contribution in [0.1, 0.15) is 24.0 Å². The predicted molar refractivity (Wildman–Crippen MR) is 95.4 cm³/mol. The molecule has 3 rings (SSSR count). The molecule has 0 fully saturated rings. The summed E-state index contributed by atoms with van der Waals surface area (Å²) in [6, 6.07) is 12.2. The van der Waals surface area contributed by atoms with Gasteiger partial charge in [0.15, 0.2) is 0 Å². The van der Waals surface area contributed by atoms with Gasteiger partial charge in [-0.05, 0) is 54.8 Å². The number of ether oxygens (including phenoxy) is 1. The van der Waals surface area contributed by atoms with Gasteiger partial charge in [0.2, 0.25) is 15.9 Å². The zero-order valence-corrected chi connectivity index (χ0v) is 14.9. The van der Waals surface area contributed by atoms with Crippen LogP contribution in [0.25, 0.3) is 0 Å². The van der Waals surface area contributed by atoms with Gasteiger partial charge in [0.25, 0.3) is 0 Å². The van der Waals surface area contributed by atoms with E-state index in [-0.39, 0.29) is 16.7 Å². The third-order valence-electron chi connectivity index (χ3n) is 4.32. The van der Waals surface area contributed by atoms with Crippen molar-refractivity contribution in [3.63, 3.8) is 0 Å². The summed E-state index contributed by atoms with van der Waals surface area (Å²) >= 11 is 0. The molecule has 6 nitrogen and oxygen atoms in total. The highest BCUT2D eigenvalue weighted by molar-refractivity contribution is 7.89. The molecular formula is C18H20N2O4S. The van der Waals surface area contributed by atoms with Crippen molar-refractivity contribution in [3.05, 3.63) is 53.6 Å². The Morgan fingerprint density at radius 3 is 2.56 bits per heavy atom. The number of amides is 1. The first-order valence-electron chi connectivity index (χ1n) is 7.98. The molecule has 0 unspecified atom stereocenters. The quantitative estimate of drug-likeness (QED) is 0.828. The third-order valence-corrected chi connectivity index (χ3v) is 5.77. The van der Waals surface area contributed by atoms with E-state index in [1.54, 1.807) is 26.2 Å². The molecule has 0 bridgehead atoms. The maximum atomic E-state index is 12.5. The van der Waals surface area contributed by atoms with Crippen LogP contribution in [0, 0.1) is 0 Å². The van der Waals surface area contributed by atoms with E-state index < -0.39 is 10.0 Å². The van der Waals surface area contributed by atoms with Crippen LogP contribution in [0.3, 0.4) is 0 Å². The van der Waals surface area contributed by atoms with E-state index >= 15 is 0 Å². The summed E-state index contributed by atoms with van der Waals surface area (Å²) in [7, 11) is -2.02. The van der Waals surface area contributed by atoms with Crippen molar-refractivity contribution in [2.24, 2.45) is 0 Å². The Labute approximate surface area is 147 Å². The number of methoxy groups -OCH3 is 1. The van der Waals surface area contributed by atoms with Crippen molar-refractivity contribution < 1.29 is 17.9 Å². The van der Waals surface area contributed by atoms with E-state index in [1.807, 2.05) is 24.3 Å². The number of fused-ring (bicyclic) bond motifs is 1. The van der Waals surface area contributed by atoms with Crippen LogP contribution < -0.4 is 14.8 Å². The van der Waals surface area contributed by atoms with E-state index in [9.17, 15) is 13.2 Å². The van der Waals surface area contributed by atoms with Gasteiger partial charge in [-0.2, -0.15) is 0 Å². The first-order valence-corrected chi connectivity index (χ1v) is 9.46. The standard InChI is InChI=1S/C18H20N2O4S/c1-12-16-11-15(7-8-17(16)20-18(12)21)25(22,23)19-10-9-13-3-5-14(24-2)6-4-13/h3-8,11-12,19H,9-10H2,1-2H3,(H,20,21)/t12-/m0/s1. The maximum absolute atomic E-state index is 12.5. The van der Waals surface area contributed by atoms with Gasteiger partial charge in [-0.25, -0.2) is 13.1 Å². The van der Waals surface area contributed by atoms with E-state index in [4.69, 9.17) is 4.74 Å². The van der Waals surface area contributed by atoms with Gasteiger partial charge in [-0.15, -0.1) is 0 Å². The highest BCUT2D eigenvalue weighted by Crippen LogP contribution is 2.33. The van der Waals surface area contributed by atoms with Crippen molar-refractivity contribution in [1.82, 2.24) is 4.72 Å². The molecule has 0 aliphatic carbocycles. The monoisotopic (exact) mass is 360 g/mol. The SMILES string of the molecule is COc1ccc(CCNS(=O)(=O)c2ccc3c(c2)[C@H](C)C(=O)N3)cc1. The highest BCUT2D eigenvalue weighted by Gasteiger charge is 2.28. The first-order chi connectivity index (χ1) is 11.9. The van der Waals surface area contributed by atoms with Crippen LogP contribution in [-0.2, 0) is 21.2 Å². The molecule has 7 heteroatoms. The average Bonchev–Trinajstić information content (AvgIpc) is 2.89. The fourth-order valence-electron chi connectivity index (χ4n) is 2.77. The Morgan fingerprint density at radius 1 is 1.16 bits per heavy atom. The number of carbonyl (C=O) groups excluding carboxylic acids is 1. The molecule has 0 radical (unpaired) electrons. The highest BCUT2D eigenvalue weighted by atomic mass is 32.2. The number of rotatable bonds is 6. The van der Waals surface area contributed by atoms with Crippen molar-refractivity contribution in [1.29, 1.82) is 0 Å². The van der Waals surface area contributed by atoms with Gasteiger partial charge < -0.3 is 10.1 Å². The average molecular weight is 360 g/mol. The van der Waals surface area contributed by atoms with Gasteiger partial charge in [-0.1, -0.05) is 12.1 Å².